The standard InChI is InChI=1S/C11H13Cl2NO2/c1-7(5-11(15)16-2)14-8-3-4-9(12)10(13)6-8/h3-4,6-7,14H,5H2,1-2H3. The Morgan fingerprint density at radius 1 is 1.44 bits per heavy atom. The minimum absolute atomic E-state index is 0.0234. The molecule has 1 rings (SSSR count). The number of halogens is 2. The topological polar surface area (TPSA) is 38.3 Å². The summed E-state index contributed by atoms with van der Waals surface area (Å²) in [5.74, 6) is -0.250. The molecular weight excluding hydrogens is 249 g/mol. The van der Waals surface area contributed by atoms with Crippen molar-refractivity contribution in [1.82, 2.24) is 0 Å². The summed E-state index contributed by atoms with van der Waals surface area (Å²) < 4.78 is 4.58. The Kier molecular flexibility index (Phi) is 4.90. The van der Waals surface area contributed by atoms with Crippen LogP contribution in [0, 0.1) is 0 Å². The third kappa shape index (κ3) is 3.91. The zero-order valence-electron chi connectivity index (χ0n) is 9.09. The van der Waals surface area contributed by atoms with Gasteiger partial charge in [-0.15, -0.1) is 0 Å². The van der Waals surface area contributed by atoms with Crippen LogP contribution in [0.1, 0.15) is 13.3 Å². The number of methoxy groups -OCH3 is 1. The molecule has 0 aromatic heterocycles. The van der Waals surface area contributed by atoms with Gasteiger partial charge in [0.2, 0.25) is 0 Å². The molecule has 1 atom stereocenters. The normalized spacial score (nSPS) is 12.0. The summed E-state index contributed by atoms with van der Waals surface area (Å²) in [6, 6.07) is 5.21. The minimum Gasteiger partial charge on any atom is -0.469 e. The predicted octanol–water partition coefficient (Wildman–Crippen LogP) is 3.36. The van der Waals surface area contributed by atoms with E-state index in [1.807, 2.05) is 13.0 Å². The fourth-order valence-electron chi connectivity index (χ4n) is 1.25. The van der Waals surface area contributed by atoms with Crippen LogP contribution in [0.5, 0.6) is 0 Å². The second kappa shape index (κ2) is 5.97. The third-order valence-electron chi connectivity index (χ3n) is 2.03. The zero-order valence-corrected chi connectivity index (χ0v) is 10.6. The summed E-state index contributed by atoms with van der Waals surface area (Å²) in [7, 11) is 1.37. The number of rotatable bonds is 4. The maximum Gasteiger partial charge on any atom is 0.307 e. The van der Waals surface area contributed by atoms with Gasteiger partial charge in [-0.3, -0.25) is 4.79 Å². The highest BCUT2D eigenvalue weighted by molar-refractivity contribution is 6.42. The predicted molar refractivity (Wildman–Crippen MR) is 66.2 cm³/mol. The van der Waals surface area contributed by atoms with Gasteiger partial charge in [-0.05, 0) is 25.1 Å². The fourth-order valence-corrected chi connectivity index (χ4v) is 1.55. The van der Waals surface area contributed by atoms with Crippen molar-refractivity contribution in [3.63, 3.8) is 0 Å². The molecule has 0 spiro atoms. The average molecular weight is 262 g/mol. The van der Waals surface area contributed by atoms with E-state index in [0.717, 1.165) is 5.69 Å². The molecular formula is C11H13Cl2NO2. The van der Waals surface area contributed by atoms with E-state index in [4.69, 9.17) is 23.2 Å². The Balaban J connectivity index is 2.59. The number of nitrogens with one attached hydrogen (secondary N) is 1. The summed E-state index contributed by atoms with van der Waals surface area (Å²) in [6.07, 6.45) is 0.302. The molecule has 0 aliphatic carbocycles. The molecule has 0 fully saturated rings. The van der Waals surface area contributed by atoms with Gasteiger partial charge >= 0.3 is 5.97 Å². The number of carbonyl (C=O) groups is 1. The minimum atomic E-state index is -0.250. The van der Waals surface area contributed by atoms with Gasteiger partial charge < -0.3 is 10.1 Å². The Bertz CT molecular complexity index is 382. The van der Waals surface area contributed by atoms with Crippen molar-refractivity contribution < 1.29 is 9.53 Å². The first-order valence-corrected chi connectivity index (χ1v) is 5.57. The summed E-state index contributed by atoms with van der Waals surface area (Å²) >= 11 is 11.7. The SMILES string of the molecule is COC(=O)CC(C)Nc1ccc(Cl)c(Cl)c1. The molecule has 0 bridgehead atoms. The van der Waals surface area contributed by atoms with E-state index in [2.05, 4.69) is 10.1 Å². The number of hydrogen-bond acceptors (Lipinski definition) is 3. The second-order valence-corrected chi connectivity index (χ2v) is 4.27. The van der Waals surface area contributed by atoms with E-state index in [-0.39, 0.29) is 12.0 Å². The van der Waals surface area contributed by atoms with Crippen molar-refractivity contribution in [2.45, 2.75) is 19.4 Å². The van der Waals surface area contributed by atoms with Crippen molar-refractivity contribution in [2.75, 3.05) is 12.4 Å². The van der Waals surface area contributed by atoms with Crippen LogP contribution in [-0.4, -0.2) is 19.1 Å². The third-order valence-corrected chi connectivity index (χ3v) is 2.77. The van der Waals surface area contributed by atoms with Gasteiger partial charge in [-0.2, -0.15) is 0 Å². The van der Waals surface area contributed by atoms with Gasteiger partial charge in [-0.1, -0.05) is 23.2 Å². The molecule has 0 radical (unpaired) electrons. The summed E-state index contributed by atoms with van der Waals surface area (Å²) in [4.78, 5) is 11.0. The van der Waals surface area contributed by atoms with Crippen LogP contribution in [0.25, 0.3) is 0 Å². The van der Waals surface area contributed by atoms with Crippen molar-refractivity contribution >= 4 is 34.9 Å². The van der Waals surface area contributed by atoms with Crippen LogP contribution in [0.2, 0.25) is 10.0 Å². The van der Waals surface area contributed by atoms with Crippen molar-refractivity contribution in [3.05, 3.63) is 28.2 Å². The molecule has 3 nitrogen and oxygen atoms in total. The van der Waals surface area contributed by atoms with Crippen LogP contribution >= 0.6 is 23.2 Å². The quantitative estimate of drug-likeness (QED) is 0.845. The molecule has 0 aliphatic heterocycles. The van der Waals surface area contributed by atoms with Gasteiger partial charge in [0.1, 0.15) is 0 Å². The Hall–Kier alpha value is -0.930. The molecule has 0 saturated carbocycles. The Labute approximate surface area is 105 Å². The molecule has 0 aliphatic rings. The van der Waals surface area contributed by atoms with Crippen molar-refractivity contribution in [3.8, 4) is 0 Å². The van der Waals surface area contributed by atoms with E-state index >= 15 is 0 Å². The second-order valence-electron chi connectivity index (χ2n) is 3.45. The molecule has 5 heteroatoms. The van der Waals surface area contributed by atoms with Crippen LogP contribution in [-0.2, 0) is 9.53 Å². The van der Waals surface area contributed by atoms with Crippen LogP contribution in [0.15, 0.2) is 18.2 Å². The summed E-state index contributed by atoms with van der Waals surface area (Å²) in [6.45, 7) is 1.89. The first-order chi connectivity index (χ1) is 7.52. The zero-order chi connectivity index (χ0) is 12.1. The molecule has 1 aromatic rings. The van der Waals surface area contributed by atoms with E-state index < -0.39 is 0 Å². The molecule has 1 aromatic carbocycles. The van der Waals surface area contributed by atoms with Gasteiger partial charge in [0.15, 0.2) is 0 Å². The molecule has 16 heavy (non-hydrogen) atoms. The fraction of sp³-hybridized carbons (Fsp3) is 0.364. The van der Waals surface area contributed by atoms with Crippen LogP contribution in [0.3, 0.4) is 0 Å². The summed E-state index contributed by atoms with van der Waals surface area (Å²) in [5.41, 5.74) is 0.825. The van der Waals surface area contributed by atoms with E-state index in [0.29, 0.717) is 16.5 Å². The van der Waals surface area contributed by atoms with E-state index in [1.165, 1.54) is 7.11 Å². The first-order valence-electron chi connectivity index (χ1n) is 4.81. The lowest BCUT2D eigenvalue weighted by Gasteiger charge is -2.14. The molecule has 88 valence electrons. The largest absolute Gasteiger partial charge is 0.469 e. The number of hydrogen-bond donors (Lipinski definition) is 1. The van der Waals surface area contributed by atoms with Crippen LogP contribution in [0.4, 0.5) is 5.69 Å². The summed E-state index contributed by atoms with van der Waals surface area (Å²) in [5, 5.41) is 4.12. The average Bonchev–Trinajstić information content (AvgIpc) is 2.23. The number of anilines is 1. The molecule has 0 heterocycles. The van der Waals surface area contributed by atoms with Gasteiger partial charge in [0, 0.05) is 11.7 Å². The molecule has 0 saturated heterocycles. The molecule has 0 amide bonds. The monoisotopic (exact) mass is 261 g/mol. The maximum absolute atomic E-state index is 11.0. The lowest BCUT2D eigenvalue weighted by atomic mass is 10.2. The number of ether oxygens (including phenoxy) is 1. The smallest absolute Gasteiger partial charge is 0.307 e. The first kappa shape index (κ1) is 13.1. The van der Waals surface area contributed by atoms with Crippen molar-refractivity contribution in [1.29, 1.82) is 0 Å². The Morgan fingerprint density at radius 2 is 2.12 bits per heavy atom. The highest BCUT2D eigenvalue weighted by atomic mass is 35.5. The highest BCUT2D eigenvalue weighted by Gasteiger charge is 2.09. The molecule has 1 N–H and O–H groups in total. The number of esters is 1. The lowest BCUT2D eigenvalue weighted by Crippen LogP contribution is -2.20. The van der Waals surface area contributed by atoms with Gasteiger partial charge in [-0.25, -0.2) is 0 Å². The highest BCUT2D eigenvalue weighted by Crippen LogP contribution is 2.25. The van der Waals surface area contributed by atoms with E-state index in [1.54, 1.807) is 12.1 Å². The van der Waals surface area contributed by atoms with Gasteiger partial charge in [0.05, 0.1) is 23.6 Å². The molecule has 1 unspecified atom stereocenters. The number of benzene rings is 1. The van der Waals surface area contributed by atoms with Crippen LogP contribution < -0.4 is 5.32 Å². The Morgan fingerprint density at radius 3 is 2.69 bits per heavy atom. The van der Waals surface area contributed by atoms with E-state index in [9.17, 15) is 4.79 Å². The maximum atomic E-state index is 11.0. The number of carbonyl (C=O) groups excluding carboxylic acids is 1. The van der Waals surface area contributed by atoms with Crippen molar-refractivity contribution in [2.24, 2.45) is 0 Å². The lowest BCUT2D eigenvalue weighted by molar-refractivity contribution is -0.140. The van der Waals surface area contributed by atoms with Gasteiger partial charge in [0.25, 0.3) is 0 Å².